The van der Waals surface area contributed by atoms with E-state index in [9.17, 15) is 0 Å². The van der Waals surface area contributed by atoms with Crippen molar-refractivity contribution in [2.45, 2.75) is 44.8 Å². The van der Waals surface area contributed by atoms with Gasteiger partial charge < -0.3 is 15.8 Å². The Hall–Kier alpha value is -0.120. The normalized spacial score (nSPS) is 24.9. The van der Waals surface area contributed by atoms with E-state index in [4.69, 9.17) is 10.5 Å². The van der Waals surface area contributed by atoms with Gasteiger partial charge in [0.25, 0.3) is 0 Å². The van der Waals surface area contributed by atoms with Crippen molar-refractivity contribution in [1.29, 1.82) is 0 Å². The SMILES string of the molecule is CC(CN)NCCCC1CCCO1. The molecule has 0 spiro atoms. The Labute approximate surface area is 81.0 Å². The molecule has 0 amide bonds. The van der Waals surface area contributed by atoms with Crippen LogP contribution in [0.4, 0.5) is 0 Å². The van der Waals surface area contributed by atoms with Gasteiger partial charge in [-0.05, 0) is 39.2 Å². The Morgan fingerprint density at radius 1 is 1.62 bits per heavy atom. The monoisotopic (exact) mass is 186 g/mol. The summed E-state index contributed by atoms with van der Waals surface area (Å²) in [7, 11) is 0. The standard InChI is InChI=1S/C10H22N2O/c1-9(8-11)12-6-2-4-10-5-3-7-13-10/h9-10,12H,2-8,11H2,1H3. The molecule has 1 fully saturated rings. The smallest absolute Gasteiger partial charge is 0.0576 e. The second kappa shape index (κ2) is 6.35. The van der Waals surface area contributed by atoms with Crippen molar-refractivity contribution in [3.8, 4) is 0 Å². The summed E-state index contributed by atoms with van der Waals surface area (Å²) >= 11 is 0. The first kappa shape index (κ1) is 11.0. The molecule has 2 atom stereocenters. The minimum absolute atomic E-state index is 0.449. The summed E-state index contributed by atoms with van der Waals surface area (Å²) in [5.74, 6) is 0. The second-order valence-corrected chi connectivity index (χ2v) is 3.87. The highest BCUT2D eigenvalue weighted by Crippen LogP contribution is 2.16. The average Bonchev–Trinajstić information content (AvgIpc) is 2.64. The van der Waals surface area contributed by atoms with Gasteiger partial charge in [-0.1, -0.05) is 0 Å². The number of nitrogens with one attached hydrogen (secondary N) is 1. The maximum absolute atomic E-state index is 5.53. The number of ether oxygens (including phenoxy) is 1. The van der Waals surface area contributed by atoms with Crippen LogP contribution >= 0.6 is 0 Å². The first-order valence-corrected chi connectivity index (χ1v) is 5.38. The molecule has 1 rings (SSSR count). The van der Waals surface area contributed by atoms with Gasteiger partial charge in [0.1, 0.15) is 0 Å². The zero-order valence-electron chi connectivity index (χ0n) is 8.59. The Kier molecular flexibility index (Phi) is 5.35. The fourth-order valence-corrected chi connectivity index (χ4v) is 1.63. The molecule has 1 aliphatic rings. The van der Waals surface area contributed by atoms with Gasteiger partial charge in [0.2, 0.25) is 0 Å². The highest BCUT2D eigenvalue weighted by molar-refractivity contribution is 4.66. The molecular weight excluding hydrogens is 164 g/mol. The van der Waals surface area contributed by atoms with Crippen LogP contribution in [0.1, 0.15) is 32.6 Å². The van der Waals surface area contributed by atoms with Crippen LogP contribution < -0.4 is 11.1 Å². The molecule has 0 bridgehead atoms. The predicted molar refractivity (Wildman–Crippen MR) is 54.7 cm³/mol. The van der Waals surface area contributed by atoms with Gasteiger partial charge in [-0.15, -0.1) is 0 Å². The summed E-state index contributed by atoms with van der Waals surface area (Å²) in [6.45, 7) is 4.88. The van der Waals surface area contributed by atoms with Crippen molar-refractivity contribution in [3.05, 3.63) is 0 Å². The molecule has 13 heavy (non-hydrogen) atoms. The van der Waals surface area contributed by atoms with E-state index in [1.807, 2.05) is 0 Å². The summed E-state index contributed by atoms with van der Waals surface area (Å²) in [6, 6.07) is 0.449. The summed E-state index contributed by atoms with van der Waals surface area (Å²) in [5.41, 5.74) is 5.49. The number of nitrogens with two attached hydrogens (primary N) is 1. The third-order valence-corrected chi connectivity index (χ3v) is 2.57. The van der Waals surface area contributed by atoms with Gasteiger partial charge in [0, 0.05) is 19.2 Å². The second-order valence-electron chi connectivity index (χ2n) is 3.87. The maximum Gasteiger partial charge on any atom is 0.0576 e. The van der Waals surface area contributed by atoms with Crippen LogP contribution in [0.5, 0.6) is 0 Å². The molecule has 3 nitrogen and oxygen atoms in total. The van der Waals surface area contributed by atoms with Crippen molar-refractivity contribution in [3.63, 3.8) is 0 Å². The number of hydrogen-bond acceptors (Lipinski definition) is 3. The van der Waals surface area contributed by atoms with Gasteiger partial charge in [-0.25, -0.2) is 0 Å². The topological polar surface area (TPSA) is 47.3 Å². The van der Waals surface area contributed by atoms with Crippen LogP contribution in [-0.4, -0.2) is 31.8 Å². The third kappa shape index (κ3) is 4.60. The van der Waals surface area contributed by atoms with E-state index in [-0.39, 0.29) is 0 Å². The van der Waals surface area contributed by atoms with Gasteiger partial charge in [-0.2, -0.15) is 0 Å². The fourth-order valence-electron chi connectivity index (χ4n) is 1.63. The van der Waals surface area contributed by atoms with E-state index in [2.05, 4.69) is 12.2 Å². The van der Waals surface area contributed by atoms with E-state index in [0.29, 0.717) is 12.1 Å². The fraction of sp³-hybridized carbons (Fsp3) is 1.00. The van der Waals surface area contributed by atoms with Gasteiger partial charge in [0.15, 0.2) is 0 Å². The number of hydrogen-bond donors (Lipinski definition) is 2. The molecule has 3 heteroatoms. The van der Waals surface area contributed by atoms with E-state index in [1.165, 1.54) is 25.7 Å². The summed E-state index contributed by atoms with van der Waals surface area (Å²) in [4.78, 5) is 0. The molecule has 1 saturated heterocycles. The molecule has 1 heterocycles. The third-order valence-electron chi connectivity index (χ3n) is 2.57. The average molecular weight is 186 g/mol. The largest absolute Gasteiger partial charge is 0.378 e. The van der Waals surface area contributed by atoms with E-state index < -0.39 is 0 Å². The van der Waals surface area contributed by atoms with Crippen LogP contribution in [0.25, 0.3) is 0 Å². The Balaban J connectivity index is 1.88. The van der Waals surface area contributed by atoms with Gasteiger partial charge >= 0.3 is 0 Å². The molecule has 0 aliphatic carbocycles. The van der Waals surface area contributed by atoms with Crippen LogP contribution in [-0.2, 0) is 4.74 Å². The molecule has 0 radical (unpaired) electrons. The highest BCUT2D eigenvalue weighted by Gasteiger charge is 2.14. The predicted octanol–water partition coefficient (Wildman–Crippen LogP) is 0.882. The molecule has 0 aromatic rings. The zero-order valence-corrected chi connectivity index (χ0v) is 8.59. The van der Waals surface area contributed by atoms with E-state index in [0.717, 1.165) is 19.7 Å². The van der Waals surface area contributed by atoms with Crippen molar-refractivity contribution < 1.29 is 4.74 Å². The highest BCUT2D eigenvalue weighted by atomic mass is 16.5. The summed E-state index contributed by atoms with van der Waals surface area (Å²) in [6.07, 6.45) is 5.44. The molecule has 1 aliphatic heterocycles. The first-order chi connectivity index (χ1) is 6.33. The van der Waals surface area contributed by atoms with Crippen LogP contribution in [0.2, 0.25) is 0 Å². The quantitative estimate of drug-likeness (QED) is 0.605. The van der Waals surface area contributed by atoms with Crippen molar-refractivity contribution in [2.75, 3.05) is 19.7 Å². The maximum atomic E-state index is 5.53. The Morgan fingerprint density at radius 2 is 2.46 bits per heavy atom. The molecule has 0 aromatic carbocycles. The van der Waals surface area contributed by atoms with Crippen LogP contribution in [0.15, 0.2) is 0 Å². The van der Waals surface area contributed by atoms with Crippen molar-refractivity contribution >= 4 is 0 Å². The zero-order chi connectivity index (χ0) is 9.52. The minimum atomic E-state index is 0.449. The van der Waals surface area contributed by atoms with Crippen molar-refractivity contribution in [1.82, 2.24) is 5.32 Å². The lowest BCUT2D eigenvalue weighted by atomic mass is 10.1. The van der Waals surface area contributed by atoms with Crippen LogP contribution in [0, 0.1) is 0 Å². The molecule has 0 saturated carbocycles. The molecule has 0 aromatic heterocycles. The molecule has 3 N–H and O–H groups in total. The van der Waals surface area contributed by atoms with Crippen LogP contribution in [0.3, 0.4) is 0 Å². The van der Waals surface area contributed by atoms with Gasteiger partial charge in [-0.3, -0.25) is 0 Å². The van der Waals surface area contributed by atoms with E-state index >= 15 is 0 Å². The molecule has 78 valence electrons. The lowest BCUT2D eigenvalue weighted by Gasteiger charge is -2.12. The molecular formula is C10H22N2O. The first-order valence-electron chi connectivity index (χ1n) is 5.38. The van der Waals surface area contributed by atoms with Gasteiger partial charge in [0.05, 0.1) is 6.10 Å². The van der Waals surface area contributed by atoms with Crippen molar-refractivity contribution in [2.24, 2.45) is 5.73 Å². The Bertz CT molecular complexity index is 124. The lowest BCUT2D eigenvalue weighted by Crippen LogP contribution is -2.34. The Morgan fingerprint density at radius 3 is 3.08 bits per heavy atom. The molecule has 2 unspecified atom stereocenters. The number of rotatable bonds is 6. The summed E-state index contributed by atoms with van der Waals surface area (Å²) < 4.78 is 5.53. The summed E-state index contributed by atoms with van der Waals surface area (Å²) in [5, 5.41) is 3.38. The lowest BCUT2D eigenvalue weighted by molar-refractivity contribution is 0.102. The minimum Gasteiger partial charge on any atom is -0.378 e. The van der Waals surface area contributed by atoms with E-state index in [1.54, 1.807) is 0 Å².